The van der Waals surface area contributed by atoms with Crippen LogP contribution >= 0.6 is 0 Å². The number of Topliss-reactive ketones (excluding diaryl/α,β-unsaturated/α-hetero) is 1. The van der Waals surface area contributed by atoms with E-state index in [-0.39, 0.29) is 30.0 Å². The molecule has 0 N–H and O–H groups in total. The lowest BCUT2D eigenvalue weighted by atomic mass is 9.37. The van der Waals surface area contributed by atoms with Gasteiger partial charge in [0.15, 0.2) is 6.10 Å². The SMILES string of the molecule is CC1(C)OC(=O)C=C[C@]2(C)[C@@H]1CC(=O)[C@]1(C)[C@H]2CC[C@@]2(C)[C@H](c3ccoc3)OC(=O)[C@H]3O[C@@]321. The summed E-state index contributed by atoms with van der Waals surface area (Å²) in [7, 11) is 0. The van der Waals surface area contributed by atoms with Crippen LogP contribution in [0.4, 0.5) is 0 Å². The fourth-order valence-corrected chi connectivity index (χ4v) is 8.49. The van der Waals surface area contributed by atoms with E-state index in [1.54, 1.807) is 12.5 Å². The first-order valence-corrected chi connectivity index (χ1v) is 11.8. The van der Waals surface area contributed by atoms with E-state index in [1.165, 1.54) is 6.08 Å². The van der Waals surface area contributed by atoms with Crippen molar-refractivity contribution in [1.29, 1.82) is 0 Å². The smallest absolute Gasteiger partial charge is 0.339 e. The van der Waals surface area contributed by atoms with E-state index >= 15 is 0 Å². The van der Waals surface area contributed by atoms with Gasteiger partial charge in [0.1, 0.15) is 23.1 Å². The third-order valence-electron chi connectivity index (χ3n) is 10.0. The highest BCUT2D eigenvalue weighted by atomic mass is 16.7. The highest BCUT2D eigenvalue weighted by Gasteiger charge is 2.88. The highest BCUT2D eigenvalue weighted by Crippen LogP contribution is 2.78. The number of allylic oxidation sites excluding steroid dienone is 1. The molecule has 1 spiro atoms. The Kier molecular flexibility index (Phi) is 3.83. The third kappa shape index (κ3) is 2.23. The Hall–Kier alpha value is -2.41. The molecule has 4 fully saturated rings. The predicted molar refractivity (Wildman–Crippen MR) is 115 cm³/mol. The van der Waals surface area contributed by atoms with E-state index in [2.05, 4.69) is 13.8 Å². The molecule has 0 unspecified atom stereocenters. The Labute approximate surface area is 192 Å². The number of carbonyl (C=O) groups excluding carboxylic acids is 3. The number of carbonyl (C=O) groups is 3. The second-order valence-electron chi connectivity index (χ2n) is 11.7. The monoisotopic (exact) mass is 454 g/mol. The predicted octanol–water partition coefficient (Wildman–Crippen LogP) is 3.92. The van der Waals surface area contributed by atoms with Crippen molar-refractivity contribution in [3.63, 3.8) is 0 Å². The lowest BCUT2D eigenvalue weighted by molar-refractivity contribution is -0.215. The van der Waals surface area contributed by atoms with Gasteiger partial charge in [-0.1, -0.05) is 19.9 Å². The second-order valence-corrected chi connectivity index (χ2v) is 11.7. The zero-order valence-electron chi connectivity index (χ0n) is 19.7. The molecule has 33 heavy (non-hydrogen) atoms. The standard InChI is InChI=1S/C26H30O7/c1-22(2)16-12-17(27)25(5)15(23(16,3)9-7-18(28)32-22)6-10-24(4)19(14-8-11-30-13-14)31-21(29)20-26(24,25)33-20/h7-9,11,13,15-16,19-20H,6,10,12H2,1-5H3/t15-,16+,19-,20+,23-,24-,25-,26-/m0/s1. The van der Waals surface area contributed by atoms with Gasteiger partial charge in [0, 0.05) is 29.4 Å². The van der Waals surface area contributed by atoms with E-state index in [9.17, 15) is 14.4 Å². The Morgan fingerprint density at radius 3 is 2.45 bits per heavy atom. The molecule has 2 saturated heterocycles. The molecule has 6 rings (SSSR count). The largest absolute Gasteiger partial charge is 0.472 e. The van der Waals surface area contributed by atoms with Crippen molar-refractivity contribution in [2.45, 2.75) is 77.3 Å². The first-order valence-electron chi connectivity index (χ1n) is 11.8. The van der Waals surface area contributed by atoms with Gasteiger partial charge >= 0.3 is 11.9 Å². The number of ketones is 1. The number of hydrogen-bond acceptors (Lipinski definition) is 7. The van der Waals surface area contributed by atoms with Gasteiger partial charge in [-0.2, -0.15) is 0 Å². The molecule has 5 aliphatic rings. The van der Waals surface area contributed by atoms with Crippen molar-refractivity contribution in [3.05, 3.63) is 36.3 Å². The molecule has 0 bridgehead atoms. The Balaban J connectivity index is 1.53. The number of rotatable bonds is 1. The second kappa shape index (κ2) is 5.98. The summed E-state index contributed by atoms with van der Waals surface area (Å²) >= 11 is 0. The van der Waals surface area contributed by atoms with Gasteiger partial charge in [-0.05, 0) is 51.0 Å². The van der Waals surface area contributed by atoms with Gasteiger partial charge in [0.05, 0.1) is 17.9 Å². The van der Waals surface area contributed by atoms with Crippen LogP contribution in [0.15, 0.2) is 35.2 Å². The number of epoxide rings is 1. The third-order valence-corrected chi connectivity index (χ3v) is 10.0. The number of ether oxygens (including phenoxy) is 3. The van der Waals surface area contributed by atoms with Crippen LogP contribution in [0.1, 0.15) is 65.5 Å². The van der Waals surface area contributed by atoms with Crippen molar-refractivity contribution in [1.82, 2.24) is 0 Å². The Morgan fingerprint density at radius 2 is 1.76 bits per heavy atom. The Morgan fingerprint density at radius 1 is 1.00 bits per heavy atom. The summed E-state index contributed by atoms with van der Waals surface area (Å²) in [4.78, 5) is 39.6. The van der Waals surface area contributed by atoms with Crippen LogP contribution in [0.5, 0.6) is 0 Å². The molecule has 3 aliphatic heterocycles. The molecule has 1 aromatic rings. The molecule has 0 aromatic carbocycles. The molecule has 2 saturated carbocycles. The van der Waals surface area contributed by atoms with Crippen LogP contribution in [0.3, 0.4) is 0 Å². The summed E-state index contributed by atoms with van der Waals surface area (Å²) in [5, 5.41) is 0. The van der Waals surface area contributed by atoms with E-state index in [1.807, 2.05) is 32.9 Å². The molecule has 0 radical (unpaired) electrons. The van der Waals surface area contributed by atoms with Crippen LogP contribution in [0.2, 0.25) is 0 Å². The fraction of sp³-hybridized carbons (Fsp3) is 0.654. The minimum absolute atomic E-state index is 0.0727. The van der Waals surface area contributed by atoms with Crippen molar-refractivity contribution in [2.75, 3.05) is 0 Å². The maximum atomic E-state index is 14.1. The van der Waals surface area contributed by atoms with E-state index in [0.717, 1.165) is 12.0 Å². The average molecular weight is 455 g/mol. The molecule has 7 nitrogen and oxygen atoms in total. The van der Waals surface area contributed by atoms with Gasteiger partial charge in [-0.25, -0.2) is 9.59 Å². The van der Waals surface area contributed by atoms with Crippen molar-refractivity contribution in [2.24, 2.45) is 28.1 Å². The van der Waals surface area contributed by atoms with Gasteiger partial charge in [-0.15, -0.1) is 0 Å². The Bertz CT molecular complexity index is 1100. The first kappa shape index (κ1) is 21.1. The zero-order chi connectivity index (χ0) is 23.6. The summed E-state index contributed by atoms with van der Waals surface area (Å²) in [6.45, 7) is 9.99. The van der Waals surface area contributed by atoms with Gasteiger partial charge in [0.25, 0.3) is 0 Å². The average Bonchev–Trinajstić information content (AvgIpc) is 3.33. The van der Waals surface area contributed by atoms with Crippen LogP contribution in [0, 0.1) is 28.1 Å². The summed E-state index contributed by atoms with van der Waals surface area (Å²) in [6.07, 6.45) is 7.04. The van der Waals surface area contributed by atoms with Crippen LogP contribution in [-0.2, 0) is 28.6 Å². The summed E-state index contributed by atoms with van der Waals surface area (Å²) in [5.41, 5.74) is -2.94. The molecule has 7 heteroatoms. The van der Waals surface area contributed by atoms with E-state index in [4.69, 9.17) is 18.6 Å². The maximum Gasteiger partial charge on any atom is 0.339 e. The first-order chi connectivity index (χ1) is 15.4. The number of hydrogen-bond donors (Lipinski definition) is 0. The molecular formula is C26H30O7. The molecule has 1 aromatic heterocycles. The summed E-state index contributed by atoms with van der Waals surface area (Å²) in [5.74, 6) is -1.02. The molecule has 0 amide bonds. The van der Waals surface area contributed by atoms with Gasteiger partial charge in [0.2, 0.25) is 0 Å². The molecule has 8 atom stereocenters. The fourth-order valence-electron chi connectivity index (χ4n) is 8.49. The van der Waals surface area contributed by atoms with Crippen LogP contribution in [-0.4, -0.2) is 35.0 Å². The number of fused-ring (bicyclic) bond motifs is 3. The molecule has 2 aliphatic carbocycles. The van der Waals surface area contributed by atoms with Crippen molar-refractivity contribution < 1.29 is 33.0 Å². The quantitative estimate of drug-likeness (QED) is 0.469. The van der Waals surface area contributed by atoms with Crippen molar-refractivity contribution in [3.8, 4) is 0 Å². The minimum Gasteiger partial charge on any atom is -0.472 e. The van der Waals surface area contributed by atoms with E-state index in [0.29, 0.717) is 6.42 Å². The van der Waals surface area contributed by atoms with Crippen LogP contribution < -0.4 is 0 Å². The van der Waals surface area contributed by atoms with Gasteiger partial charge < -0.3 is 18.6 Å². The topological polar surface area (TPSA) is 95.3 Å². The molecule has 4 heterocycles. The number of esters is 2. The zero-order valence-corrected chi connectivity index (χ0v) is 19.7. The highest BCUT2D eigenvalue weighted by molar-refractivity contribution is 5.93. The minimum atomic E-state index is -0.958. The molecular weight excluding hydrogens is 424 g/mol. The summed E-state index contributed by atoms with van der Waals surface area (Å²) < 4.78 is 23.3. The van der Waals surface area contributed by atoms with Crippen molar-refractivity contribution >= 4 is 17.7 Å². The lowest BCUT2D eigenvalue weighted by Gasteiger charge is -2.64. The van der Waals surface area contributed by atoms with Crippen LogP contribution in [0.25, 0.3) is 0 Å². The molecule has 176 valence electrons. The number of furan rings is 1. The summed E-state index contributed by atoms with van der Waals surface area (Å²) in [6, 6.07) is 1.81. The van der Waals surface area contributed by atoms with E-state index < -0.39 is 45.6 Å². The normalized spacial score (nSPS) is 49.5. The van der Waals surface area contributed by atoms with Gasteiger partial charge in [-0.3, -0.25) is 4.79 Å². The number of cyclic esters (lactones) is 2. The maximum absolute atomic E-state index is 14.1. The lowest BCUT2D eigenvalue weighted by Crippen LogP contribution is -2.71.